The molecule has 1 aliphatic carbocycles. The van der Waals surface area contributed by atoms with Crippen LogP contribution in [0.3, 0.4) is 0 Å². The van der Waals surface area contributed by atoms with Crippen LogP contribution in [0, 0.1) is 11.8 Å². The van der Waals surface area contributed by atoms with Crippen molar-refractivity contribution in [2.75, 3.05) is 26.8 Å². The van der Waals surface area contributed by atoms with Crippen LogP contribution in [0.25, 0.3) is 5.57 Å². The van der Waals surface area contributed by atoms with Crippen LogP contribution in [0.1, 0.15) is 96.0 Å². The fourth-order valence-electron chi connectivity index (χ4n) is 5.56. The number of fused-ring (bicyclic) bond motifs is 1. The number of phenolic OH excluding ortho intramolecular Hbond substituents is 1. The summed E-state index contributed by atoms with van der Waals surface area (Å²) in [6.45, 7) is 11.7. The van der Waals surface area contributed by atoms with E-state index in [1.807, 2.05) is 59.9 Å². The van der Waals surface area contributed by atoms with Crippen molar-refractivity contribution in [3.05, 3.63) is 58.8 Å². The number of aliphatic imine (C=N–C) groups is 1. The van der Waals surface area contributed by atoms with E-state index in [4.69, 9.17) is 14.2 Å². The molecule has 3 rings (SSSR count). The van der Waals surface area contributed by atoms with Gasteiger partial charge in [-0.2, -0.15) is 0 Å². The maximum Gasteiger partial charge on any atom is 0.414 e. The molecule has 252 valence electrons. The van der Waals surface area contributed by atoms with Gasteiger partial charge >= 0.3 is 18.0 Å². The molecule has 1 heterocycles. The number of hydrogen-bond acceptors (Lipinski definition) is 9. The summed E-state index contributed by atoms with van der Waals surface area (Å²) in [5.41, 5.74) is 2.29. The van der Waals surface area contributed by atoms with Gasteiger partial charge in [0.15, 0.2) is 0 Å². The smallest absolute Gasteiger partial charge is 0.414 e. The number of aliphatic hydroxyl groups is 1. The molecule has 1 amide bonds. The maximum atomic E-state index is 13.5. The normalized spacial score (nSPS) is 17.6. The Labute approximate surface area is 272 Å². The Morgan fingerprint density at radius 2 is 1.78 bits per heavy atom. The quantitative estimate of drug-likeness (QED) is 0.216. The second-order valence-corrected chi connectivity index (χ2v) is 13.7. The van der Waals surface area contributed by atoms with Crippen LogP contribution < -0.4 is 0 Å². The van der Waals surface area contributed by atoms with Crippen LogP contribution in [0.5, 0.6) is 5.75 Å². The lowest BCUT2D eigenvalue weighted by atomic mass is 9.84. The van der Waals surface area contributed by atoms with Crippen LogP contribution in [0.15, 0.2) is 52.7 Å². The number of esters is 2. The van der Waals surface area contributed by atoms with Crippen LogP contribution >= 0.6 is 0 Å². The lowest BCUT2D eigenvalue weighted by Gasteiger charge is -2.30. The van der Waals surface area contributed by atoms with Crippen molar-refractivity contribution in [3.63, 3.8) is 0 Å². The number of phenols is 1. The number of nitrogens with zero attached hydrogens (tertiary/aromatic N) is 2. The van der Waals surface area contributed by atoms with Gasteiger partial charge < -0.3 is 24.4 Å². The Morgan fingerprint density at radius 3 is 2.41 bits per heavy atom. The Morgan fingerprint density at radius 1 is 1.07 bits per heavy atom. The second kappa shape index (κ2) is 16.1. The zero-order valence-corrected chi connectivity index (χ0v) is 28.3. The molecule has 2 unspecified atom stereocenters. The minimum Gasteiger partial charge on any atom is -0.507 e. The molecule has 0 fully saturated rings. The number of amides is 1. The molecule has 0 spiro atoms. The lowest BCUT2D eigenvalue weighted by molar-refractivity contribution is -0.156. The average molecular weight is 639 g/mol. The Kier molecular flexibility index (Phi) is 12.8. The van der Waals surface area contributed by atoms with Crippen molar-refractivity contribution in [2.45, 2.75) is 91.3 Å². The van der Waals surface area contributed by atoms with Crippen molar-refractivity contribution in [1.82, 2.24) is 4.90 Å². The molecule has 0 aromatic heterocycles. The van der Waals surface area contributed by atoms with E-state index in [1.54, 1.807) is 23.1 Å². The molecule has 1 aromatic carbocycles. The predicted octanol–water partition coefficient (Wildman–Crippen LogP) is 6.61. The van der Waals surface area contributed by atoms with Gasteiger partial charge in [-0.15, -0.1) is 0 Å². The minimum absolute atomic E-state index is 0.0263. The van der Waals surface area contributed by atoms with E-state index in [0.29, 0.717) is 44.5 Å². The van der Waals surface area contributed by atoms with Crippen LogP contribution in [0.4, 0.5) is 4.79 Å². The molecule has 1 aliphatic heterocycles. The number of ether oxygens (including phenoxy) is 3. The van der Waals surface area contributed by atoms with Crippen molar-refractivity contribution < 1.29 is 38.8 Å². The Hall–Kier alpha value is -3.92. The van der Waals surface area contributed by atoms with Gasteiger partial charge in [0, 0.05) is 43.9 Å². The number of aliphatic hydroxyl groups excluding tert-OH is 1. The van der Waals surface area contributed by atoms with Crippen LogP contribution in [0.2, 0.25) is 0 Å². The zero-order valence-electron chi connectivity index (χ0n) is 28.3. The first-order valence-electron chi connectivity index (χ1n) is 16.0. The second-order valence-electron chi connectivity index (χ2n) is 13.7. The molecule has 0 bridgehead atoms. The zero-order chi connectivity index (χ0) is 34.1. The van der Waals surface area contributed by atoms with Gasteiger partial charge in [-0.1, -0.05) is 23.8 Å². The summed E-state index contributed by atoms with van der Waals surface area (Å²) in [4.78, 5) is 44.4. The van der Waals surface area contributed by atoms with E-state index < -0.39 is 23.3 Å². The first-order chi connectivity index (χ1) is 21.6. The molecule has 10 nitrogen and oxygen atoms in total. The van der Waals surface area contributed by atoms with Gasteiger partial charge in [-0.3, -0.25) is 14.7 Å². The summed E-state index contributed by atoms with van der Waals surface area (Å²) >= 11 is 0. The molecular formula is C36H50N2O8. The van der Waals surface area contributed by atoms with Gasteiger partial charge in [0.05, 0.1) is 7.11 Å². The van der Waals surface area contributed by atoms with Crippen molar-refractivity contribution in [1.29, 1.82) is 0 Å². The van der Waals surface area contributed by atoms with Crippen molar-refractivity contribution >= 4 is 29.8 Å². The van der Waals surface area contributed by atoms with Gasteiger partial charge in [0.2, 0.25) is 0 Å². The van der Waals surface area contributed by atoms with Crippen molar-refractivity contribution in [3.8, 4) is 5.75 Å². The van der Waals surface area contributed by atoms with E-state index in [9.17, 15) is 24.6 Å². The van der Waals surface area contributed by atoms with Crippen LogP contribution in [-0.2, 0) is 19.0 Å². The largest absolute Gasteiger partial charge is 0.507 e. The molecule has 2 N–H and O–H groups in total. The Bertz CT molecular complexity index is 1380. The van der Waals surface area contributed by atoms with Gasteiger partial charge in [0.1, 0.15) is 22.5 Å². The third-order valence-electron chi connectivity index (χ3n) is 7.66. The number of rotatable bonds is 10. The number of benzene rings is 1. The summed E-state index contributed by atoms with van der Waals surface area (Å²) in [6.07, 6.45) is 10.5. The molecular weight excluding hydrogens is 588 g/mol. The van der Waals surface area contributed by atoms with Gasteiger partial charge in [-0.05, 0) is 109 Å². The molecule has 46 heavy (non-hydrogen) atoms. The van der Waals surface area contributed by atoms with Gasteiger partial charge in [-0.25, -0.2) is 9.59 Å². The molecule has 2 atom stereocenters. The molecule has 0 saturated carbocycles. The number of carbonyl (C=O) groups is 3. The Balaban J connectivity index is 1.89. The number of hydrogen-bond donors (Lipinski definition) is 2. The standard InChI is InChI=1S/C36H50N2O8/c1-35(2,3)45-32(41)21-24(17-20-39)16-19-38(34(43)46-36(4,5)6)27-9-8-10-28-25(11-13-27)15-18-37-23-30(28)26-12-14-29(31(40)22-26)33(42)44-7/h9,11-14,22-25,39-40H,8,10,15-21H2,1-7H3. The molecule has 1 aromatic rings. The van der Waals surface area contributed by atoms with Gasteiger partial charge in [0.25, 0.3) is 0 Å². The van der Waals surface area contributed by atoms with Crippen LogP contribution in [-0.4, -0.2) is 77.4 Å². The number of carbonyl (C=O) groups excluding carboxylic acids is 3. The molecule has 10 heteroatoms. The van der Waals surface area contributed by atoms with E-state index in [1.165, 1.54) is 7.11 Å². The first-order valence-corrected chi connectivity index (χ1v) is 16.0. The number of methoxy groups -OCH3 is 1. The highest BCUT2D eigenvalue weighted by molar-refractivity contribution is 6.12. The van der Waals surface area contributed by atoms with E-state index in [2.05, 4.69) is 11.1 Å². The van der Waals surface area contributed by atoms with E-state index in [-0.39, 0.29) is 42.1 Å². The highest BCUT2D eigenvalue weighted by Crippen LogP contribution is 2.35. The van der Waals surface area contributed by atoms with E-state index in [0.717, 1.165) is 23.1 Å². The monoisotopic (exact) mass is 638 g/mol. The number of aromatic hydroxyl groups is 1. The third kappa shape index (κ3) is 10.9. The fourth-order valence-corrected chi connectivity index (χ4v) is 5.56. The first kappa shape index (κ1) is 36.5. The third-order valence-corrected chi connectivity index (χ3v) is 7.66. The highest BCUT2D eigenvalue weighted by atomic mass is 16.6. The molecule has 2 aliphatic rings. The van der Waals surface area contributed by atoms with Crippen molar-refractivity contribution in [2.24, 2.45) is 16.8 Å². The summed E-state index contributed by atoms with van der Waals surface area (Å²) in [6, 6.07) is 4.91. The summed E-state index contributed by atoms with van der Waals surface area (Å²) < 4.78 is 16.1. The highest BCUT2D eigenvalue weighted by Gasteiger charge is 2.28. The van der Waals surface area contributed by atoms with E-state index >= 15 is 0 Å². The average Bonchev–Trinajstić information content (AvgIpc) is 3.13. The summed E-state index contributed by atoms with van der Waals surface area (Å²) in [5.74, 6) is -1.25. The topological polar surface area (TPSA) is 135 Å². The molecule has 0 radical (unpaired) electrons. The summed E-state index contributed by atoms with van der Waals surface area (Å²) in [7, 11) is 1.27. The summed E-state index contributed by atoms with van der Waals surface area (Å²) in [5, 5.41) is 20.3. The molecule has 0 saturated heterocycles. The maximum absolute atomic E-state index is 13.5. The predicted molar refractivity (Wildman–Crippen MR) is 178 cm³/mol. The SMILES string of the molecule is COC(=O)c1ccc(C2=C3CCC=C(N(CCC(CCO)CC(=O)OC(C)(C)C)C(=O)OC(C)(C)C)C=CC3CCN=C2)cc1O. The fraction of sp³-hybridized carbons (Fsp3) is 0.556. The number of allylic oxidation sites excluding steroid dienone is 5. The minimum atomic E-state index is -0.708. The lowest BCUT2D eigenvalue weighted by Crippen LogP contribution is -2.37.